The fraction of sp³-hybridized carbons (Fsp3) is 0.939. The molecule has 1 amide bonds. The summed E-state index contributed by atoms with van der Waals surface area (Å²) in [5.74, 6) is -1.21. The lowest BCUT2D eigenvalue weighted by Gasteiger charge is -2.18. The minimum Gasteiger partial charge on any atom is -0.480 e. The molecule has 2 atom stereocenters. The summed E-state index contributed by atoms with van der Waals surface area (Å²) in [5.41, 5.74) is 5.49. The van der Waals surface area contributed by atoms with Crippen molar-refractivity contribution in [3.05, 3.63) is 0 Å². The highest BCUT2D eigenvalue weighted by Crippen LogP contribution is 2.20. The summed E-state index contributed by atoms with van der Waals surface area (Å²) in [6.45, 7) is 4.96. The Morgan fingerprint density at radius 1 is 0.446 bits per heavy atom. The van der Waals surface area contributed by atoms with Crippen molar-refractivity contribution in [2.75, 3.05) is 6.54 Å². The number of aliphatic carboxylic acids is 1. The number of rotatable bonds is 46. The van der Waals surface area contributed by atoms with Crippen LogP contribution in [0, 0.1) is 0 Å². The molecule has 0 aliphatic carbocycles. The number of nitrogens with two attached hydrogens (primary N) is 1. The number of amides is 1. The Labute approximate surface area is 348 Å². The van der Waals surface area contributed by atoms with E-state index in [9.17, 15) is 19.5 Å². The molecule has 0 spiro atoms. The van der Waals surface area contributed by atoms with Gasteiger partial charge < -0.3 is 20.9 Å². The number of carbonyl (C=O) groups excluding carboxylic acids is 2. The molecule has 0 aliphatic heterocycles. The third kappa shape index (κ3) is 40.6. The SMILES string of the molecule is CCCCCCCCCCCCCCCCCCCCCCCCCC(=O)OC(CCCCCCCCC)CCCCCCCC(=O)NC(CCCN)C(=O)O. The molecule has 0 aromatic rings. The average molecular weight is 793 g/mol. The van der Waals surface area contributed by atoms with Crippen molar-refractivity contribution < 1.29 is 24.2 Å². The molecule has 0 aliphatic rings. The quantitative estimate of drug-likeness (QED) is 0.0417. The maximum atomic E-state index is 12.8. The van der Waals surface area contributed by atoms with Gasteiger partial charge in [-0.3, -0.25) is 9.59 Å². The first-order valence-corrected chi connectivity index (χ1v) is 24.9. The summed E-state index contributed by atoms with van der Waals surface area (Å²) in [4.78, 5) is 36.4. The lowest BCUT2D eigenvalue weighted by Crippen LogP contribution is -2.40. The van der Waals surface area contributed by atoms with E-state index in [0.29, 0.717) is 32.2 Å². The van der Waals surface area contributed by atoms with Crippen LogP contribution in [0.25, 0.3) is 0 Å². The Balaban J connectivity index is 3.95. The summed E-state index contributed by atoms with van der Waals surface area (Å²) in [5, 5.41) is 11.9. The van der Waals surface area contributed by atoms with Crippen molar-refractivity contribution in [3.8, 4) is 0 Å². The van der Waals surface area contributed by atoms with E-state index in [1.54, 1.807) is 0 Å². The van der Waals surface area contributed by atoms with Gasteiger partial charge in [0.1, 0.15) is 12.1 Å². The van der Waals surface area contributed by atoms with Crippen LogP contribution in [0.3, 0.4) is 0 Å². The molecule has 4 N–H and O–H groups in total. The van der Waals surface area contributed by atoms with Gasteiger partial charge in [0.2, 0.25) is 5.91 Å². The van der Waals surface area contributed by atoms with Crippen LogP contribution in [0.5, 0.6) is 0 Å². The summed E-state index contributed by atoms with van der Waals surface area (Å²) in [6.07, 6.45) is 48.9. The van der Waals surface area contributed by atoms with Crippen LogP contribution in [-0.2, 0) is 19.1 Å². The second-order valence-corrected chi connectivity index (χ2v) is 17.2. The fourth-order valence-corrected chi connectivity index (χ4v) is 7.92. The number of carboxylic acid groups (broad SMARTS) is 1. The number of hydrogen-bond donors (Lipinski definition) is 3. The largest absolute Gasteiger partial charge is 0.480 e. The number of unbranched alkanes of at least 4 members (excludes halogenated alkanes) is 32. The smallest absolute Gasteiger partial charge is 0.326 e. The van der Waals surface area contributed by atoms with Crippen LogP contribution in [0.15, 0.2) is 0 Å². The highest BCUT2D eigenvalue weighted by Gasteiger charge is 2.19. The van der Waals surface area contributed by atoms with Crippen LogP contribution in [0.2, 0.25) is 0 Å². The van der Waals surface area contributed by atoms with Crippen molar-refractivity contribution in [2.45, 2.75) is 289 Å². The standard InChI is InChI=1S/C49H96N2O5/c1-3-5-7-9-11-12-13-14-15-16-17-18-19-20-21-22-23-24-25-26-28-33-37-43-48(53)56-45(39-34-30-27-10-8-6-4-2)40-35-31-29-32-36-42-47(52)51-46(49(54)55)41-38-44-50/h45-46H,3-44,50H2,1-2H3,(H,51,52)(H,54,55). The molecule has 56 heavy (non-hydrogen) atoms. The van der Waals surface area contributed by atoms with Crippen molar-refractivity contribution in [3.63, 3.8) is 0 Å². The number of carbonyl (C=O) groups is 3. The Kier molecular flexibility index (Phi) is 43.2. The van der Waals surface area contributed by atoms with E-state index in [1.165, 1.54) is 173 Å². The van der Waals surface area contributed by atoms with Gasteiger partial charge in [0, 0.05) is 12.8 Å². The molecule has 0 bridgehead atoms. The molecule has 2 unspecified atom stereocenters. The van der Waals surface area contributed by atoms with Crippen LogP contribution < -0.4 is 11.1 Å². The summed E-state index contributed by atoms with van der Waals surface area (Å²) >= 11 is 0. The highest BCUT2D eigenvalue weighted by molar-refractivity contribution is 5.83. The van der Waals surface area contributed by atoms with E-state index >= 15 is 0 Å². The predicted octanol–water partition coefficient (Wildman–Crippen LogP) is 14.5. The second kappa shape index (κ2) is 44.5. The number of hydrogen-bond acceptors (Lipinski definition) is 5. The molecule has 0 rings (SSSR count). The monoisotopic (exact) mass is 793 g/mol. The fourth-order valence-electron chi connectivity index (χ4n) is 7.92. The molecule has 0 radical (unpaired) electrons. The molecule has 332 valence electrons. The van der Waals surface area contributed by atoms with E-state index < -0.39 is 12.0 Å². The molecule has 0 saturated carbocycles. The van der Waals surface area contributed by atoms with Gasteiger partial charge in [0.25, 0.3) is 0 Å². The van der Waals surface area contributed by atoms with E-state index in [1.807, 2.05) is 0 Å². The Morgan fingerprint density at radius 2 is 0.768 bits per heavy atom. The number of ether oxygens (including phenoxy) is 1. The molecule has 0 aromatic carbocycles. The normalized spacial score (nSPS) is 12.5. The third-order valence-electron chi connectivity index (χ3n) is 11.7. The van der Waals surface area contributed by atoms with E-state index in [0.717, 1.165) is 64.2 Å². The van der Waals surface area contributed by atoms with Crippen molar-refractivity contribution >= 4 is 17.8 Å². The van der Waals surface area contributed by atoms with Gasteiger partial charge in [-0.05, 0) is 57.9 Å². The lowest BCUT2D eigenvalue weighted by molar-refractivity contribution is -0.150. The molecule has 0 heterocycles. The third-order valence-corrected chi connectivity index (χ3v) is 11.7. The molecular formula is C49H96N2O5. The van der Waals surface area contributed by atoms with Gasteiger partial charge in [-0.2, -0.15) is 0 Å². The first-order chi connectivity index (χ1) is 27.4. The van der Waals surface area contributed by atoms with Crippen LogP contribution in [0.1, 0.15) is 277 Å². The average Bonchev–Trinajstić information content (AvgIpc) is 3.18. The predicted molar refractivity (Wildman–Crippen MR) is 239 cm³/mol. The Bertz CT molecular complexity index is 852. The first-order valence-electron chi connectivity index (χ1n) is 24.9. The van der Waals surface area contributed by atoms with E-state index in [-0.39, 0.29) is 18.0 Å². The minimum absolute atomic E-state index is 0.0152. The zero-order valence-corrected chi connectivity index (χ0v) is 37.5. The van der Waals surface area contributed by atoms with Gasteiger partial charge in [0.15, 0.2) is 0 Å². The van der Waals surface area contributed by atoms with Crippen LogP contribution in [0.4, 0.5) is 0 Å². The molecule has 0 aromatic heterocycles. The number of nitrogens with one attached hydrogen (secondary N) is 1. The number of carboxylic acids is 1. The molecule has 7 nitrogen and oxygen atoms in total. The number of esters is 1. The molecule has 0 fully saturated rings. The zero-order valence-electron chi connectivity index (χ0n) is 37.5. The van der Waals surface area contributed by atoms with Crippen molar-refractivity contribution in [1.29, 1.82) is 0 Å². The Hall–Kier alpha value is -1.63. The van der Waals surface area contributed by atoms with Gasteiger partial charge in [-0.15, -0.1) is 0 Å². The second-order valence-electron chi connectivity index (χ2n) is 17.2. The molecule has 0 saturated heterocycles. The first kappa shape index (κ1) is 54.4. The Morgan fingerprint density at radius 3 is 1.11 bits per heavy atom. The highest BCUT2D eigenvalue weighted by atomic mass is 16.5. The lowest BCUT2D eigenvalue weighted by atomic mass is 10.0. The summed E-state index contributed by atoms with van der Waals surface area (Å²) in [6, 6.07) is -0.852. The van der Waals surface area contributed by atoms with Crippen LogP contribution >= 0.6 is 0 Å². The summed E-state index contributed by atoms with van der Waals surface area (Å²) in [7, 11) is 0. The van der Waals surface area contributed by atoms with Crippen molar-refractivity contribution in [1.82, 2.24) is 5.32 Å². The summed E-state index contributed by atoms with van der Waals surface area (Å²) < 4.78 is 6.04. The van der Waals surface area contributed by atoms with Gasteiger partial charge >= 0.3 is 11.9 Å². The van der Waals surface area contributed by atoms with E-state index in [4.69, 9.17) is 10.5 Å². The minimum atomic E-state index is -1.00. The molecule has 7 heteroatoms. The maximum Gasteiger partial charge on any atom is 0.326 e. The topological polar surface area (TPSA) is 119 Å². The molecular weight excluding hydrogens is 697 g/mol. The van der Waals surface area contributed by atoms with Gasteiger partial charge in [-0.1, -0.05) is 213 Å². The van der Waals surface area contributed by atoms with E-state index in [2.05, 4.69) is 19.2 Å². The maximum absolute atomic E-state index is 12.8. The van der Waals surface area contributed by atoms with Gasteiger partial charge in [-0.25, -0.2) is 4.79 Å². The van der Waals surface area contributed by atoms with Crippen molar-refractivity contribution in [2.24, 2.45) is 5.73 Å². The van der Waals surface area contributed by atoms with Gasteiger partial charge in [0.05, 0.1) is 0 Å². The zero-order chi connectivity index (χ0) is 41.0. The van der Waals surface area contributed by atoms with Crippen LogP contribution in [-0.4, -0.2) is 41.6 Å².